The van der Waals surface area contributed by atoms with Gasteiger partial charge in [0, 0.05) is 17.6 Å². The Labute approximate surface area is 100 Å². The lowest BCUT2D eigenvalue weighted by molar-refractivity contribution is -0.116. The molecular formula is C13H15N3O. The second-order valence-electron chi connectivity index (χ2n) is 4.05. The summed E-state index contributed by atoms with van der Waals surface area (Å²) in [5.41, 5.74) is 2.92. The van der Waals surface area contributed by atoms with Crippen LogP contribution in [0.5, 0.6) is 0 Å². The van der Waals surface area contributed by atoms with Crippen LogP contribution in [-0.2, 0) is 11.3 Å². The van der Waals surface area contributed by atoms with Gasteiger partial charge in [0.05, 0.1) is 0 Å². The van der Waals surface area contributed by atoms with E-state index in [2.05, 4.69) is 10.4 Å². The summed E-state index contributed by atoms with van der Waals surface area (Å²) in [4.78, 5) is 11.8. The van der Waals surface area contributed by atoms with Gasteiger partial charge in [0.25, 0.3) is 0 Å². The third-order valence-corrected chi connectivity index (χ3v) is 2.52. The Kier molecular flexibility index (Phi) is 3.23. The van der Waals surface area contributed by atoms with E-state index in [0.717, 1.165) is 16.9 Å². The van der Waals surface area contributed by atoms with E-state index in [4.69, 9.17) is 0 Å². The van der Waals surface area contributed by atoms with Crippen molar-refractivity contribution in [2.45, 2.75) is 20.4 Å². The van der Waals surface area contributed by atoms with E-state index in [1.54, 1.807) is 10.9 Å². The lowest BCUT2D eigenvalue weighted by Crippen LogP contribution is -2.20. The fourth-order valence-corrected chi connectivity index (χ4v) is 1.62. The maximum atomic E-state index is 11.8. The number of nitrogens with zero attached hydrogens (tertiary/aromatic N) is 2. The average Bonchev–Trinajstić information content (AvgIpc) is 2.64. The fraction of sp³-hybridized carbons (Fsp3) is 0.231. The number of aryl methyl sites for hydroxylation is 2. The molecule has 2 rings (SSSR count). The molecule has 1 N–H and O–H groups in total. The minimum Gasteiger partial charge on any atom is -0.324 e. The van der Waals surface area contributed by atoms with Crippen LogP contribution >= 0.6 is 0 Å². The van der Waals surface area contributed by atoms with Crippen molar-refractivity contribution in [3.63, 3.8) is 0 Å². The highest BCUT2D eigenvalue weighted by Crippen LogP contribution is 2.09. The van der Waals surface area contributed by atoms with Crippen LogP contribution < -0.4 is 5.32 Å². The Morgan fingerprint density at radius 1 is 1.35 bits per heavy atom. The third-order valence-electron chi connectivity index (χ3n) is 2.52. The number of hydrogen-bond acceptors (Lipinski definition) is 2. The Morgan fingerprint density at radius 2 is 2.18 bits per heavy atom. The number of aromatic nitrogens is 2. The van der Waals surface area contributed by atoms with Crippen molar-refractivity contribution in [3.8, 4) is 0 Å². The van der Waals surface area contributed by atoms with Gasteiger partial charge in [-0.25, -0.2) is 0 Å². The van der Waals surface area contributed by atoms with Crippen molar-refractivity contribution in [2.75, 3.05) is 5.32 Å². The Bertz CT molecular complexity index is 531. The Morgan fingerprint density at radius 3 is 2.82 bits per heavy atom. The molecule has 1 amide bonds. The number of carbonyl (C=O) groups excluding carboxylic acids is 1. The number of carbonyl (C=O) groups is 1. The predicted molar refractivity (Wildman–Crippen MR) is 66.8 cm³/mol. The van der Waals surface area contributed by atoms with E-state index in [1.165, 1.54) is 0 Å². The molecule has 0 aliphatic carbocycles. The molecule has 1 heterocycles. The molecule has 4 heteroatoms. The zero-order chi connectivity index (χ0) is 12.3. The zero-order valence-corrected chi connectivity index (χ0v) is 9.97. The molecule has 2 aromatic rings. The molecule has 0 unspecified atom stereocenters. The summed E-state index contributed by atoms with van der Waals surface area (Å²) in [6.07, 6.45) is 1.69. The Balaban J connectivity index is 2.01. The highest BCUT2D eigenvalue weighted by Gasteiger charge is 2.05. The van der Waals surface area contributed by atoms with Crippen LogP contribution in [0.3, 0.4) is 0 Å². The molecule has 4 nitrogen and oxygen atoms in total. The summed E-state index contributed by atoms with van der Waals surface area (Å²) >= 11 is 0. The summed E-state index contributed by atoms with van der Waals surface area (Å²) in [5, 5.41) is 6.92. The quantitative estimate of drug-likeness (QED) is 0.876. The molecule has 0 aliphatic rings. The molecule has 0 bridgehead atoms. The highest BCUT2D eigenvalue weighted by molar-refractivity contribution is 5.90. The van der Waals surface area contributed by atoms with Crippen molar-refractivity contribution in [3.05, 3.63) is 47.8 Å². The maximum Gasteiger partial charge on any atom is 0.246 e. The standard InChI is InChI=1S/C13H15N3O/c1-10-4-3-5-12(8-10)15-13(17)9-16-11(2)6-7-14-16/h3-8H,9H2,1-2H3,(H,15,17). The van der Waals surface area contributed by atoms with E-state index in [1.807, 2.05) is 44.2 Å². The summed E-state index contributed by atoms with van der Waals surface area (Å²) in [7, 11) is 0. The SMILES string of the molecule is Cc1cccc(NC(=O)Cn2nccc2C)c1. The molecule has 1 aromatic carbocycles. The lowest BCUT2D eigenvalue weighted by Gasteiger charge is -2.07. The van der Waals surface area contributed by atoms with E-state index in [-0.39, 0.29) is 12.5 Å². The van der Waals surface area contributed by atoms with Crippen LogP contribution in [0.25, 0.3) is 0 Å². The second kappa shape index (κ2) is 4.82. The fourth-order valence-electron chi connectivity index (χ4n) is 1.62. The summed E-state index contributed by atoms with van der Waals surface area (Å²) in [6, 6.07) is 9.60. The van der Waals surface area contributed by atoms with Crippen LogP contribution in [0.1, 0.15) is 11.3 Å². The van der Waals surface area contributed by atoms with Crippen molar-refractivity contribution in [1.29, 1.82) is 0 Å². The van der Waals surface area contributed by atoms with Crippen molar-refractivity contribution in [2.24, 2.45) is 0 Å². The summed E-state index contributed by atoms with van der Waals surface area (Å²) < 4.78 is 1.67. The number of nitrogens with one attached hydrogen (secondary N) is 1. The Hall–Kier alpha value is -2.10. The van der Waals surface area contributed by atoms with E-state index >= 15 is 0 Å². The third kappa shape index (κ3) is 2.93. The van der Waals surface area contributed by atoms with E-state index in [9.17, 15) is 4.79 Å². The monoisotopic (exact) mass is 229 g/mol. The maximum absolute atomic E-state index is 11.8. The van der Waals surface area contributed by atoms with Gasteiger partial charge in [0.15, 0.2) is 0 Å². The number of rotatable bonds is 3. The van der Waals surface area contributed by atoms with E-state index in [0.29, 0.717) is 0 Å². The predicted octanol–water partition coefficient (Wildman–Crippen LogP) is 2.14. The molecular weight excluding hydrogens is 214 g/mol. The van der Waals surface area contributed by atoms with Crippen molar-refractivity contribution < 1.29 is 4.79 Å². The summed E-state index contributed by atoms with van der Waals surface area (Å²) in [5.74, 6) is -0.0672. The molecule has 0 spiro atoms. The van der Waals surface area contributed by atoms with Crippen LogP contribution in [0.4, 0.5) is 5.69 Å². The molecule has 0 fully saturated rings. The number of amides is 1. The van der Waals surface area contributed by atoms with Gasteiger partial charge in [-0.3, -0.25) is 9.48 Å². The van der Waals surface area contributed by atoms with Crippen molar-refractivity contribution in [1.82, 2.24) is 9.78 Å². The highest BCUT2D eigenvalue weighted by atomic mass is 16.2. The van der Waals surface area contributed by atoms with Gasteiger partial charge in [-0.05, 0) is 37.6 Å². The molecule has 0 saturated carbocycles. The smallest absolute Gasteiger partial charge is 0.246 e. The first-order valence-electron chi connectivity index (χ1n) is 5.50. The molecule has 0 saturated heterocycles. The van der Waals surface area contributed by atoms with Gasteiger partial charge in [0.2, 0.25) is 5.91 Å². The first kappa shape index (κ1) is 11.4. The van der Waals surface area contributed by atoms with E-state index < -0.39 is 0 Å². The second-order valence-corrected chi connectivity index (χ2v) is 4.05. The van der Waals surface area contributed by atoms with Crippen LogP contribution in [0.15, 0.2) is 36.5 Å². The van der Waals surface area contributed by atoms with Crippen molar-refractivity contribution >= 4 is 11.6 Å². The zero-order valence-electron chi connectivity index (χ0n) is 9.97. The molecule has 88 valence electrons. The van der Waals surface area contributed by atoms with Gasteiger partial charge in [-0.2, -0.15) is 5.10 Å². The number of benzene rings is 1. The molecule has 17 heavy (non-hydrogen) atoms. The van der Waals surface area contributed by atoms with Gasteiger partial charge in [-0.15, -0.1) is 0 Å². The van der Waals surface area contributed by atoms with Gasteiger partial charge in [0.1, 0.15) is 6.54 Å². The number of hydrogen-bond donors (Lipinski definition) is 1. The molecule has 0 aliphatic heterocycles. The first-order valence-corrected chi connectivity index (χ1v) is 5.50. The molecule has 1 aromatic heterocycles. The van der Waals surface area contributed by atoms with Gasteiger partial charge < -0.3 is 5.32 Å². The molecule has 0 radical (unpaired) electrons. The van der Waals surface area contributed by atoms with Crippen LogP contribution in [-0.4, -0.2) is 15.7 Å². The molecule has 0 atom stereocenters. The van der Waals surface area contributed by atoms with Crippen LogP contribution in [0.2, 0.25) is 0 Å². The minimum absolute atomic E-state index is 0.0672. The lowest BCUT2D eigenvalue weighted by atomic mass is 10.2. The van der Waals surface area contributed by atoms with Gasteiger partial charge >= 0.3 is 0 Å². The van der Waals surface area contributed by atoms with Crippen LogP contribution in [0, 0.1) is 13.8 Å². The minimum atomic E-state index is -0.0672. The topological polar surface area (TPSA) is 46.9 Å². The largest absolute Gasteiger partial charge is 0.324 e. The average molecular weight is 229 g/mol. The number of anilines is 1. The first-order chi connectivity index (χ1) is 8.15. The normalized spacial score (nSPS) is 10.2. The summed E-state index contributed by atoms with van der Waals surface area (Å²) in [6.45, 7) is 4.16. The van der Waals surface area contributed by atoms with Gasteiger partial charge in [-0.1, -0.05) is 12.1 Å².